The highest BCUT2D eigenvalue weighted by Gasteiger charge is 2.29. The number of nitrogens with one attached hydrogen (secondary N) is 2. The molecule has 3 aromatic carbocycles. The van der Waals surface area contributed by atoms with E-state index in [9.17, 15) is 14.7 Å². The molecular weight excluding hydrogens is 353 g/mol. The van der Waals surface area contributed by atoms with E-state index in [1.807, 2.05) is 12.1 Å². The first-order valence-electron chi connectivity index (χ1n) is 7.75. The Morgan fingerprint density at radius 3 is 1.73 bits per heavy atom. The van der Waals surface area contributed by atoms with Gasteiger partial charge in [-0.15, -0.1) is 0 Å². The molecule has 3 aromatic rings. The molecule has 26 heavy (non-hydrogen) atoms. The molecular formula is C18H16N3O4P. The van der Waals surface area contributed by atoms with Gasteiger partial charge in [0.1, 0.15) is 0 Å². The van der Waals surface area contributed by atoms with Crippen molar-refractivity contribution < 1.29 is 14.0 Å². The van der Waals surface area contributed by atoms with Gasteiger partial charge >= 0.3 is 13.4 Å². The molecule has 0 bridgehead atoms. The van der Waals surface area contributed by atoms with Gasteiger partial charge in [0.15, 0.2) is 0 Å². The number of benzene rings is 3. The second-order valence-electron chi connectivity index (χ2n) is 5.32. The number of nitrogens with zero attached hydrogens (tertiary/aromatic N) is 1. The van der Waals surface area contributed by atoms with Gasteiger partial charge in [-0.25, -0.2) is 4.57 Å². The summed E-state index contributed by atoms with van der Waals surface area (Å²) in [5.41, 5.74) is 0.841. The number of nitro groups is 1. The molecule has 0 aliphatic carbocycles. The zero-order valence-electron chi connectivity index (χ0n) is 13.6. The SMILES string of the molecule is O=[N+]([O-])c1ccccc1OP(=O)(Nc1ccccc1)Nc1ccccc1. The van der Waals surface area contributed by atoms with Gasteiger partial charge in [0, 0.05) is 17.4 Å². The third-order valence-electron chi connectivity index (χ3n) is 3.39. The summed E-state index contributed by atoms with van der Waals surface area (Å²) in [5.74, 6) is -0.0901. The molecule has 0 unspecified atom stereocenters. The second-order valence-corrected chi connectivity index (χ2v) is 7.06. The lowest BCUT2D eigenvalue weighted by Crippen LogP contribution is -2.12. The van der Waals surface area contributed by atoms with Gasteiger partial charge in [-0.1, -0.05) is 48.5 Å². The molecule has 0 amide bonds. The number of anilines is 2. The van der Waals surface area contributed by atoms with Crippen molar-refractivity contribution >= 4 is 24.7 Å². The smallest absolute Gasteiger partial charge is 0.407 e. The van der Waals surface area contributed by atoms with E-state index in [1.54, 1.807) is 54.6 Å². The first-order chi connectivity index (χ1) is 12.6. The van der Waals surface area contributed by atoms with Crippen LogP contribution >= 0.6 is 7.67 Å². The summed E-state index contributed by atoms with van der Waals surface area (Å²) in [5, 5.41) is 16.9. The fraction of sp³-hybridized carbons (Fsp3) is 0. The van der Waals surface area contributed by atoms with E-state index in [0.29, 0.717) is 11.4 Å². The Hall–Kier alpha value is -3.31. The van der Waals surface area contributed by atoms with Crippen molar-refractivity contribution in [2.75, 3.05) is 10.2 Å². The minimum absolute atomic E-state index is 0.0901. The Morgan fingerprint density at radius 1 is 0.769 bits per heavy atom. The first kappa shape index (κ1) is 17.5. The van der Waals surface area contributed by atoms with Crippen molar-refractivity contribution in [1.82, 2.24) is 0 Å². The minimum atomic E-state index is -3.76. The van der Waals surface area contributed by atoms with E-state index in [4.69, 9.17) is 4.52 Å². The summed E-state index contributed by atoms with van der Waals surface area (Å²) < 4.78 is 19.0. The van der Waals surface area contributed by atoms with Gasteiger partial charge in [-0.05, 0) is 30.3 Å². The van der Waals surface area contributed by atoms with E-state index >= 15 is 0 Å². The van der Waals surface area contributed by atoms with Crippen molar-refractivity contribution in [2.45, 2.75) is 0 Å². The minimum Gasteiger partial charge on any atom is -0.407 e. The standard InChI is InChI=1S/C18H16N3O4P/c22-21(23)17-13-7-8-14-18(17)25-26(24,19-15-9-3-1-4-10-15)20-16-11-5-2-6-12-16/h1-14H,(H2,19,20,24). The molecule has 2 N–H and O–H groups in total. The average molecular weight is 369 g/mol. The van der Waals surface area contributed by atoms with Crippen molar-refractivity contribution in [3.63, 3.8) is 0 Å². The third-order valence-corrected chi connectivity index (χ3v) is 4.95. The second kappa shape index (κ2) is 7.72. The van der Waals surface area contributed by atoms with Crippen LogP contribution < -0.4 is 14.7 Å². The first-order valence-corrected chi connectivity index (χ1v) is 9.38. The van der Waals surface area contributed by atoms with Crippen LogP contribution in [0.3, 0.4) is 0 Å². The summed E-state index contributed by atoms with van der Waals surface area (Å²) in [4.78, 5) is 10.6. The highest BCUT2D eigenvalue weighted by atomic mass is 31.2. The maximum atomic E-state index is 13.4. The van der Waals surface area contributed by atoms with Crippen LogP contribution in [0.25, 0.3) is 0 Å². The topological polar surface area (TPSA) is 93.5 Å². The van der Waals surface area contributed by atoms with Gasteiger partial charge in [-0.2, -0.15) is 0 Å². The lowest BCUT2D eigenvalue weighted by molar-refractivity contribution is -0.385. The number of para-hydroxylation sites is 4. The van der Waals surface area contributed by atoms with Crippen LogP contribution in [0.5, 0.6) is 5.75 Å². The molecule has 0 saturated carbocycles. The number of rotatable bonds is 7. The Morgan fingerprint density at radius 2 is 1.23 bits per heavy atom. The van der Waals surface area contributed by atoms with Crippen LogP contribution in [0.4, 0.5) is 17.1 Å². The van der Waals surface area contributed by atoms with Crippen LogP contribution in [-0.2, 0) is 4.57 Å². The van der Waals surface area contributed by atoms with Crippen LogP contribution in [0.15, 0.2) is 84.9 Å². The van der Waals surface area contributed by atoms with E-state index in [1.165, 1.54) is 18.2 Å². The summed E-state index contributed by atoms with van der Waals surface area (Å²) in [6, 6.07) is 23.5. The van der Waals surface area contributed by atoms with Crippen molar-refractivity contribution in [3.05, 3.63) is 95.0 Å². The number of hydrogen-bond acceptors (Lipinski definition) is 4. The molecule has 0 radical (unpaired) electrons. The lowest BCUT2D eigenvalue weighted by atomic mass is 10.3. The normalized spacial score (nSPS) is 10.8. The largest absolute Gasteiger partial charge is 0.444 e. The zero-order chi connectivity index (χ0) is 18.4. The quantitative estimate of drug-likeness (QED) is 0.333. The van der Waals surface area contributed by atoms with Gasteiger partial charge in [0.05, 0.1) is 4.92 Å². The molecule has 0 aromatic heterocycles. The van der Waals surface area contributed by atoms with E-state index in [0.717, 1.165) is 0 Å². The van der Waals surface area contributed by atoms with E-state index < -0.39 is 12.6 Å². The Labute approximate surface area is 150 Å². The van der Waals surface area contributed by atoms with Crippen molar-refractivity contribution in [2.24, 2.45) is 0 Å². The molecule has 0 aliphatic rings. The Balaban J connectivity index is 1.95. The van der Waals surface area contributed by atoms with Crippen LogP contribution in [0, 0.1) is 10.1 Å². The predicted molar refractivity (Wildman–Crippen MR) is 101 cm³/mol. The fourth-order valence-electron chi connectivity index (χ4n) is 2.26. The summed E-state index contributed by atoms with van der Waals surface area (Å²) in [7, 11) is -3.76. The monoisotopic (exact) mass is 369 g/mol. The van der Waals surface area contributed by atoms with Crippen molar-refractivity contribution in [3.8, 4) is 5.75 Å². The molecule has 132 valence electrons. The van der Waals surface area contributed by atoms with Gasteiger partial charge in [0.2, 0.25) is 5.75 Å². The highest BCUT2D eigenvalue weighted by Crippen LogP contribution is 2.48. The zero-order valence-corrected chi connectivity index (χ0v) is 14.5. The molecule has 0 saturated heterocycles. The van der Waals surface area contributed by atoms with Gasteiger partial charge in [-0.3, -0.25) is 20.3 Å². The maximum absolute atomic E-state index is 13.4. The lowest BCUT2D eigenvalue weighted by Gasteiger charge is -2.22. The number of hydrogen-bond donors (Lipinski definition) is 2. The molecule has 7 nitrogen and oxygen atoms in total. The van der Waals surface area contributed by atoms with Gasteiger partial charge < -0.3 is 4.52 Å². The molecule has 0 fully saturated rings. The third kappa shape index (κ3) is 4.40. The molecule has 0 heterocycles. The Kier molecular flexibility index (Phi) is 5.20. The van der Waals surface area contributed by atoms with E-state index in [-0.39, 0.29) is 11.4 Å². The molecule has 8 heteroatoms. The highest BCUT2D eigenvalue weighted by molar-refractivity contribution is 7.62. The maximum Gasteiger partial charge on any atom is 0.444 e. The van der Waals surface area contributed by atoms with Crippen LogP contribution in [-0.4, -0.2) is 4.92 Å². The molecule has 3 rings (SSSR count). The van der Waals surface area contributed by atoms with Crippen LogP contribution in [0.2, 0.25) is 0 Å². The summed E-state index contributed by atoms with van der Waals surface area (Å²) >= 11 is 0. The fourth-order valence-corrected chi connectivity index (χ4v) is 3.82. The van der Waals surface area contributed by atoms with Crippen molar-refractivity contribution in [1.29, 1.82) is 0 Å². The van der Waals surface area contributed by atoms with E-state index in [2.05, 4.69) is 10.2 Å². The summed E-state index contributed by atoms with van der Waals surface area (Å²) in [6.45, 7) is 0. The summed E-state index contributed by atoms with van der Waals surface area (Å²) in [6.07, 6.45) is 0. The Bertz CT molecular complexity index is 890. The van der Waals surface area contributed by atoms with Gasteiger partial charge in [0.25, 0.3) is 0 Å². The van der Waals surface area contributed by atoms with Crippen LogP contribution in [0.1, 0.15) is 0 Å². The number of nitro benzene ring substituents is 1. The average Bonchev–Trinajstić information content (AvgIpc) is 2.63. The predicted octanol–water partition coefficient (Wildman–Crippen LogP) is 5.31. The molecule has 0 atom stereocenters. The molecule has 0 aliphatic heterocycles. The molecule has 0 spiro atoms.